The third-order valence-electron chi connectivity index (χ3n) is 4.78. The molecule has 44 heavy (non-hydrogen) atoms. The van der Waals surface area contributed by atoms with Crippen molar-refractivity contribution in [2.75, 3.05) is 0 Å². The number of hydrogen-bond acceptors (Lipinski definition) is 14. The van der Waals surface area contributed by atoms with Crippen molar-refractivity contribution in [1.29, 1.82) is 0 Å². The van der Waals surface area contributed by atoms with Crippen molar-refractivity contribution < 1.29 is 60.0 Å². The summed E-state index contributed by atoms with van der Waals surface area (Å²) in [5, 5.41) is 69.9. The van der Waals surface area contributed by atoms with Gasteiger partial charge in [-0.1, -0.05) is 0 Å². The average Bonchev–Trinajstić information content (AvgIpc) is 3.02. The SMILES string of the molecule is NNC(=O)c1ccncc1.NNC(=O)c1ccncc1.O=C(O)c1cc(O)c(O)c(O)c1.O=C(O)c1cc(O)c(O)c(O)c1. The van der Waals surface area contributed by atoms with Crippen LogP contribution in [-0.2, 0) is 0 Å². The minimum absolute atomic E-state index is 0.289. The van der Waals surface area contributed by atoms with E-state index in [0.717, 1.165) is 24.3 Å². The molecule has 2 amide bonds. The van der Waals surface area contributed by atoms with E-state index in [1.807, 2.05) is 10.9 Å². The molecule has 0 saturated carbocycles. The number of carboxylic acids is 2. The number of carbonyl (C=O) groups excluding carboxylic acids is 2. The maximum absolute atomic E-state index is 10.7. The first-order valence-electron chi connectivity index (χ1n) is 11.5. The molecule has 14 N–H and O–H groups in total. The summed E-state index contributed by atoms with van der Waals surface area (Å²) in [6, 6.07) is 9.72. The lowest BCUT2D eigenvalue weighted by Gasteiger charge is -2.01. The average molecular weight is 615 g/mol. The Kier molecular flexibility index (Phi) is 13.8. The number of pyridine rings is 2. The minimum Gasteiger partial charge on any atom is -0.504 e. The van der Waals surface area contributed by atoms with Crippen LogP contribution in [0.5, 0.6) is 34.5 Å². The Morgan fingerprint density at radius 2 is 0.750 bits per heavy atom. The molecule has 4 rings (SSSR count). The molecule has 4 aromatic rings. The number of carbonyl (C=O) groups is 4. The van der Waals surface area contributed by atoms with Gasteiger partial charge in [0.1, 0.15) is 0 Å². The van der Waals surface area contributed by atoms with Crippen molar-refractivity contribution in [2.45, 2.75) is 0 Å². The highest BCUT2D eigenvalue weighted by Crippen LogP contribution is 2.36. The van der Waals surface area contributed by atoms with E-state index in [-0.39, 0.29) is 22.9 Å². The van der Waals surface area contributed by atoms with Gasteiger partial charge in [0, 0.05) is 35.9 Å². The maximum Gasteiger partial charge on any atom is 0.335 e. The van der Waals surface area contributed by atoms with Gasteiger partial charge in [0.15, 0.2) is 34.5 Å². The molecule has 0 unspecified atom stereocenters. The molecule has 0 saturated heterocycles. The van der Waals surface area contributed by atoms with E-state index < -0.39 is 46.4 Å². The van der Waals surface area contributed by atoms with Crippen LogP contribution in [0, 0.1) is 0 Å². The number of phenols is 6. The summed E-state index contributed by atoms with van der Waals surface area (Å²) in [6.45, 7) is 0. The quantitative estimate of drug-likeness (QED) is 0.0639. The number of phenolic OH excluding ortho intramolecular Hbond substituents is 6. The molecule has 232 valence electrons. The van der Waals surface area contributed by atoms with Crippen LogP contribution >= 0.6 is 0 Å². The smallest absolute Gasteiger partial charge is 0.335 e. The summed E-state index contributed by atoms with van der Waals surface area (Å²) in [6.07, 6.45) is 6.13. The molecular formula is C26H26N6O12. The summed E-state index contributed by atoms with van der Waals surface area (Å²) in [5.74, 6) is 2.50. The third-order valence-corrected chi connectivity index (χ3v) is 4.78. The molecule has 2 heterocycles. The molecule has 0 fully saturated rings. The second kappa shape index (κ2) is 17.2. The lowest BCUT2D eigenvalue weighted by molar-refractivity contribution is 0.0685. The number of aromatic nitrogens is 2. The highest BCUT2D eigenvalue weighted by atomic mass is 16.4. The Balaban J connectivity index is 0.000000294. The van der Waals surface area contributed by atoms with E-state index in [4.69, 9.17) is 52.5 Å². The first-order valence-corrected chi connectivity index (χ1v) is 11.5. The van der Waals surface area contributed by atoms with Gasteiger partial charge in [-0.05, 0) is 48.5 Å². The number of aromatic carboxylic acids is 2. The third kappa shape index (κ3) is 11.1. The van der Waals surface area contributed by atoms with Crippen molar-refractivity contribution >= 4 is 23.8 Å². The van der Waals surface area contributed by atoms with E-state index in [9.17, 15) is 19.2 Å². The Labute approximate surface area is 246 Å². The predicted molar refractivity (Wildman–Crippen MR) is 149 cm³/mol. The fraction of sp³-hybridized carbons (Fsp3) is 0. The first kappa shape index (κ1) is 35.4. The van der Waals surface area contributed by atoms with Gasteiger partial charge in [-0.15, -0.1) is 0 Å². The molecule has 18 nitrogen and oxygen atoms in total. The number of rotatable bonds is 4. The number of hydrogen-bond donors (Lipinski definition) is 12. The van der Waals surface area contributed by atoms with Crippen LogP contribution in [0.25, 0.3) is 0 Å². The van der Waals surface area contributed by atoms with Gasteiger partial charge in [-0.25, -0.2) is 21.3 Å². The fourth-order valence-corrected chi connectivity index (χ4v) is 2.63. The Bertz CT molecular complexity index is 1420. The lowest BCUT2D eigenvalue weighted by atomic mass is 10.2. The Hall–Kier alpha value is -6.66. The summed E-state index contributed by atoms with van der Waals surface area (Å²) < 4.78 is 0. The van der Waals surface area contributed by atoms with Gasteiger partial charge >= 0.3 is 11.9 Å². The van der Waals surface area contributed by atoms with Crippen molar-refractivity contribution in [3.8, 4) is 34.5 Å². The zero-order chi connectivity index (χ0) is 33.4. The molecule has 2 aromatic heterocycles. The molecule has 0 atom stereocenters. The van der Waals surface area contributed by atoms with E-state index in [1.165, 1.54) is 24.8 Å². The van der Waals surface area contributed by atoms with E-state index in [2.05, 4.69) is 9.97 Å². The number of nitrogens with two attached hydrogens (primary N) is 2. The van der Waals surface area contributed by atoms with Crippen LogP contribution in [0.3, 0.4) is 0 Å². The number of hydrazine groups is 2. The van der Waals surface area contributed by atoms with Gasteiger partial charge in [0.2, 0.25) is 0 Å². The van der Waals surface area contributed by atoms with Crippen LogP contribution in [0.1, 0.15) is 41.4 Å². The zero-order valence-electron chi connectivity index (χ0n) is 22.2. The molecule has 0 spiro atoms. The number of nitrogen functional groups attached to an aromatic ring is 2. The Morgan fingerprint density at radius 3 is 0.955 bits per heavy atom. The number of nitrogens with zero attached hydrogens (tertiary/aromatic N) is 2. The highest BCUT2D eigenvalue weighted by Gasteiger charge is 2.12. The van der Waals surface area contributed by atoms with E-state index >= 15 is 0 Å². The van der Waals surface area contributed by atoms with Crippen LogP contribution in [-0.4, -0.2) is 74.6 Å². The maximum atomic E-state index is 10.7. The van der Waals surface area contributed by atoms with Crippen molar-refractivity contribution in [1.82, 2.24) is 20.8 Å². The van der Waals surface area contributed by atoms with Gasteiger partial charge in [-0.2, -0.15) is 0 Å². The molecule has 0 aliphatic carbocycles. The van der Waals surface area contributed by atoms with Crippen LogP contribution in [0.2, 0.25) is 0 Å². The van der Waals surface area contributed by atoms with Crippen molar-refractivity contribution in [3.63, 3.8) is 0 Å². The van der Waals surface area contributed by atoms with Crippen LogP contribution in [0.4, 0.5) is 0 Å². The summed E-state index contributed by atoms with van der Waals surface area (Å²) in [5.41, 5.74) is 4.47. The van der Waals surface area contributed by atoms with Gasteiger partial charge < -0.3 is 40.9 Å². The van der Waals surface area contributed by atoms with Crippen LogP contribution in [0.15, 0.2) is 73.3 Å². The van der Waals surface area contributed by atoms with Crippen LogP contribution < -0.4 is 22.5 Å². The normalized spacial score (nSPS) is 9.32. The summed E-state index contributed by atoms with van der Waals surface area (Å²) in [7, 11) is 0. The lowest BCUT2D eigenvalue weighted by Crippen LogP contribution is -2.29. The molecule has 0 radical (unpaired) electrons. The van der Waals surface area contributed by atoms with Gasteiger partial charge in [-0.3, -0.25) is 30.4 Å². The summed E-state index contributed by atoms with van der Waals surface area (Å²) in [4.78, 5) is 49.6. The highest BCUT2D eigenvalue weighted by molar-refractivity contribution is 5.94. The summed E-state index contributed by atoms with van der Waals surface area (Å²) >= 11 is 0. The molecule has 2 aromatic carbocycles. The first-order chi connectivity index (χ1) is 20.7. The molecular weight excluding hydrogens is 588 g/mol. The van der Waals surface area contributed by atoms with Gasteiger partial charge in [0.25, 0.3) is 11.8 Å². The van der Waals surface area contributed by atoms with Crippen molar-refractivity contribution in [3.05, 3.63) is 95.6 Å². The minimum atomic E-state index is -1.29. The zero-order valence-corrected chi connectivity index (χ0v) is 22.2. The molecule has 0 aliphatic rings. The molecule has 0 bridgehead atoms. The molecule has 0 aliphatic heterocycles. The second-order valence-electron chi connectivity index (χ2n) is 7.76. The van der Waals surface area contributed by atoms with Crippen molar-refractivity contribution in [2.24, 2.45) is 11.7 Å². The number of nitrogens with one attached hydrogen (secondary N) is 2. The standard InChI is InChI=1S/2C7H6O5.2C6H7N3O/c2*8-4-1-3(7(11)12)2-5(9)6(4)10;2*7-9-6(10)5-1-3-8-4-2-5/h2*1-2,8-10H,(H,11,12);2*1-4H,7H2,(H,9,10). The van der Waals surface area contributed by atoms with Gasteiger partial charge in [0.05, 0.1) is 11.1 Å². The monoisotopic (exact) mass is 614 g/mol. The topological polar surface area (TPSA) is 332 Å². The van der Waals surface area contributed by atoms with E-state index in [0.29, 0.717) is 11.1 Å². The largest absolute Gasteiger partial charge is 0.504 e. The predicted octanol–water partition coefficient (Wildman–Crippen LogP) is 0.373. The fourth-order valence-electron chi connectivity index (χ4n) is 2.63. The number of amides is 2. The number of aromatic hydroxyl groups is 6. The molecule has 18 heteroatoms. The number of benzene rings is 2. The second-order valence-corrected chi connectivity index (χ2v) is 7.76. The van der Waals surface area contributed by atoms with E-state index in [1.54, 1.807) is 24.3 Å². The number of carboxylic acid groups (broad SMARTS) is 2. The Morgan fingerprint density at radius 1 is 0.500 bits per heavy atom.